The summed E-state index contributed by atoms with van der Waals surface area (Å²) in [6.07, 6.45) is 0.118. The van der Waals surface area contributed by atoms with Crippen LogP contribution in [0.15, 0.2) is 71.9 Å². The molecule has 1 aliphatic heterocycles. The molecule has 1 aromatic heterocycles. The minimum Gasteiger partial charge on any atom is -0.478 e. The average Bonchev–Trinajstić information content (AvgIpc) is 2.92. The molecule has 206 valence electrons. The number of benzene rings is 2. The van der Waals surface area contributed by atoms with E-state index in [-0.39, 0.29) is 30.3 Å². The van der Waals surface area contributed by atoms with Crippen molar-refractivity contribution in [3.63, 3.8) is 0 Å². The van der Waals surface area contributed by atoms with E-state index in [0.29, 0.717) is 22.0 Å². The van der Waals surface area contributed by atoms with Gasteiger partial charge < -0.3 is 25.0 Å². The van der Waals surface area contributed by atoms with Crippen LogP contribution in [0.4, 0.5) is 5.69 Å². The van der Waals surface area contributed by atoms with Crippen LogP contribution in [0.3, 0.4) is 0 Å². The Morgan fingerprint density at radius 1 is 1.03 bits per heavy atom. The molecule has 0 unspecified atom stereocenters. The molecular weight excluding hydrogens is 587 g/mol. The van der Waals surface area contributed by atoms with Crippen LogP contribution >= 0.6 is 46.6 Å². The van der Waals surface area contributed by atoms with E-state index >= 15 is 0 Å². The molecule has 0 aliphatic carbocycles. The SMILES string of the molecule is C[C@H]1[C@@H](CSc2ncccc2C(=O)O)O[C@@H](c2ccc(NC(=O)C(Cl)(Cl)Cl)cc2)O[C@H]1c1ccc(CO)cc1. The molecule has 0 saturated carbocycles. The summed E-state index contributed by atoms with van der Waals surface area (Å²) in [5.74, 6) is -1.50. The Morgan fingerprint density at radius 3 is 2.31 bits per heavy atom. The second kappa shape index (κ2) is 12.9. The number of aliphatic hydroxyl groups is 1. The van der Waals surface area contributed by atoms with Gasteiger partial charge in [0.2, 0.25) is 0 Å². The van der Waals surface area contributed by atoms with Crippen LogP contribution in [-0.4, -0.2) is 42.7 Å². The zero-order chi connectivity index (χ0) is 28.2. The number of alkyl halides is 3. The van der Waals surface area contributed by atoms with Crippen molar-refractivity contribution in [2.24, 2.45) is 5.92 Å². The summed E-state index contributed by atoms with van der Waals surface area (Å²) < 4.78 is 10.7. The zero-order valence-electron chi connectivity index (χ0n) is 20.6. The van der Waals surface area contributed by atoms with Crippen molar-refractivity contribution in [1.82, 2.24) is 4.98 Å². The van der Waals surface area contributed by atoms with Gasteiger partial charge in [-0.05, 0) is 35.4 Å². The maximum Gasteiger partial charge on any atom is 0.338 e. The summed E-state index contributed by atoms with van der Waals surface area (Å²) in [5.41, 5.74) is 2.95. The van der Waals surface area contributed by atoms with Crippen molar-refractivity contribution in [3.8, 4) is 0 Å². The first-order valence-electron chi connectivity index (χ1n) is 11.9. The molecule has 3 N–H and O–H groups in total. The number of carbonyl (C=O) groups excluding carboxylic acids is 1. The van der Waals surface area contributed by atoms with E-state index in [4.69, 9.17) is 44.3 Å². The molecular formula is C27H25Cl3N2O6S. The van der Waals surface area contributed by atoms with E-state index in [1.165, 1.54) is 17.8 Å². The van der Waals surface area contributed by atoms with E-state index in [1.54, 1.807) is 36.5 Å². The Hall–Kier alpha value is -2.37. The Kier molecular flexibility index (Phi) is 9.77. The molecule has 2 heterocycles. The quantitative estimate of drug-likeness (QED) is 0.205. The largest absolute Gasteiger partial charge is 0.478 e. The fourth-order valence-corrected chi connectivity index (χ4v) is 5.36. The van der Waals surface area contributed by atoms with Crippen molar-refractivity contribution in [2.75, 3.05) is 11.1 Å². The number of hydrogen-bond donors (Lipinski definition) is 3. The summed E-state index contributed by atoms with van der Waals surface area (Å²) in [7, 11) is 0. The van der Waals surface area contributed by atoms with E-state index in [9.17, 15) is 19.8 Å². The third-order valence-corrected chi connectivity index (χ3v) is 7.82. The highest BCUT2D eigenvalue weighted by atomic mass is 35.6. The number of halogens is 3. The van der Waals surface area contributed by atoms with E-state index < -0.39 is 22.0 Å². The van der Waals surface area contributed by atoms with Gasteiger partial charge in [-0.25, -0.2) is 9.78 Å². The van der Waals surface area contributed by atoms with Gasteiger partial charge in [-0.2, -0.15) is 0 Å². The number of ether oxygens (including phenoxy) is 2. The van der Waals surface area contributed by atoms with Gasteiger partial charge in [-0.3, -0.25) is 4.79 Å². The van der Waals surface area contributed by atoms with Crippen LogP contribution in [0, 0.1) is 5.92 Å². The van der Waals surface area contributed by atoms with Crippen molar-refractivity contribution >= 4 is 64.1 Å². The third-order valence-electron chi connectivity index (χ3n) is 6.21. The highest BCUT2D eigenvalue weighted by Crippen LogP contribution is 2.43. The third kappa shape index (κ3) is 7.43. The zero-order valence-corrected chi connectivity index (χ0v) is 23.7. The minimum atomic E-state index is -2.10. The van der Waals surface area contributed by atoms with Crippen LogP contribution in [0.2, 0.25) is 0 Å². The van der Waals surface area contributed by atoms with Gasteiger partial charge in [0.25, 0.3) is 9.70 Å². The number of carboxylic acids is 1. The van der Waals surface area contributed by atoms with Gasteiger partial charge in [0.05, 0.1) is 24.4 Å². The first-order chi connectivity index (χ1) is 18.6. The number of carboxylic acid groups (broad SMARTS) is 1. The second-order valence-electron chi connectivity index (χ2n) is 8.87. The molecule has 1 fully saturated rings. The number of nitrogens with zero attached hydrogens (tertiary/aromatic N) is 1. The van der Waals surface area contributed by atoms with Crippen LogP contribution in [0.5, 0.6) is 0 Å². The molecule has 12 heteroatoms. The van der Waals surface area contributed by atoms with Gasteiger partial charge in [-0.15, -0.1) is 11.8 Å². The predicted octanol–water partition coefficient (Wildman–Crippen LogP) is 6.16. The predicted molar refractivity (Wildman–Crippen MR) is 150 cm³/mol. The smallest absolute Gasteiger partial charge is 0.338 e. The van der Waals surface area contributed by atoms with E-state index in [1.807, 2.05) is 31.2 Å². The molecule has 0 bridgehead atoms. The lowest BCUT2D eigenvalue weighted by Gasteiger charge is -2.41. The molecule has 0 spiro atoms. The first kappa shape index (κ1) is 29.6. The summed E-state index contributed by atoms with van der Waals surface area (Å²) in [5, 5.41) is 21.9. The van der Waals surface area contributed by atoms with Crippen molar-refractivity contribution in [3.05, 3.63) is 89.1 Å². The molecule has 1 aliphatic rings. The molecule has 39 heavy (non-hydrogen) atoms. The minimum absolute atomic E-state index is 0.0660. The lowest BCUT2D eigenvalue weighted by atomic mass is 9.91. The number of aromatic nitrogens is 1. The van der Waals surface area contributed by atoms with Crippen molar-refractivity contribution in [1.29, 1.82) is 0 Å². The number of aromatic carboxylic acids is 1. The number of carbonyl (C=O) groups is 2. The van der Waals surface area contributed by atoms with Crippen molar-refractivity contribution in [2.45, 2.75) is 40.8 Å². The molecule has 4 atom stereocenters. The summed E-state index contributed by atoms with van der Waals surface area (Å²) in [4.78, 5) is 27.9. The Balaban J connectivity index is 1.58. The summed E-state index contributed by atoms with van der Waals surface area (Å²) in [6, 6.07) is 17.4. The molecule has 3 aromatic rings. The van der Waals surface area contributed by atoms with Gasteiger partial charge in [0.1, 0.15) is 5.03 Å². The number of aliphatic hydroxyl groups excluding tert-OH is 1. The highest BCUT2D eigenvalue weighted by molar-refractivity contribution is 7.99. The van der Waals surface area contributed by atoms with Crippen LogP contribution < -0.4 is 5.32 Å². The molecule has 0 radical (unpaired) electrons. The van der Waals surface area contributed by atoms with Gasteiger partial charge >= 0.3 is 5.97 Å². The number of rotatable bonds is 8. The number of hydrogen-bond acceptors (Lipinski definition) is 7. The Bertz CT molecular complexity index is 1300. The van der Waals surface area contributed by atoms with E-state index in [0.717, 1.165) is 11.1 Å². The topological polar surface area (TPSA) is 118 Å². The monoisotopic (exact) mass is 610 g/mol. The Morgan fingerprint density at radius 2 is 1.69 bits per heavy atom. The molecule has 1 saturated heterocycles. The highest BCUT2D eigenvalue weighted by Gasteiger charge is 2.38. The standard InChI is InChI=1S/C27H25Cl3N2O6S/c1-15-21(14-39-23-20(24(34)35)3-2-12-31-23)37-25(38-22(15)17-6-4-16(13-33)5-7-17)18-8-10-19(11-9-18)32-26(36)27(28,29)30/h2-12,15,21-22,25,33H,13-14H2,1H3,(H,32,36)(H,34,35)/t15-,21+,22+,25+/m0/s1. The molecule has 2 aromatic carbocycles. The number of thioether (sulfide) groups is 1. The lowest BCUT2D eigenvalue weighted by molar-refractivity contribution is -0.268. The normalized spacial score (nSPS) is 21.4. The van der Waals surface area contributed by atoms with Gasteiger partial charge in [0, 0.05) is 29.1 Å². The van der Waals surface area contributed by atoms with Crippen molar-refractivity contribution < 1.29 is 29.3 Å². The van der Waals surface area contributed by atoms with Gasteiger partial charge in [0.15, 0.2) is 6.29 Å². The van der Waals surface area contributed by atoms with Crippen LogP contribution in [-0.2, 0) is 20.9 Å². The van der Waals surface area contributed by atoms with Crippen LogP contribution in [0.1, 0.15) is 46.4 Å². The summed E-state index contributed by atoms with van der Waals surface area (Å²) in [6.45, 7) is 1.95. The average molecular weight is 612 g/mol. The molecule has 4 rings (SSSR count). The maximum atomic E-state index is 12.0. The number of nitrogens with one attached hydrogen (secondary N) is 1. The fraction of sp³-hybridized carbons (Fsp3) is 0.296. The maximum absolute atomic E-state index is 12.0. The number of pyridine rings is 1. The number of amides is 1. The molecule has 8 nitrogen and oxygen atoms in total. The lowest BCUT2D eigenvalue weighted by Crippen LogP contribution is -2.38. The second-order valence-corrected chi connectivity index (χ2v) is 12.2. The number of anilines is 1. The Labute approximate surface area is 244 Å². The fourth-order valence-electron chi connectivity index (χ4n) is 4.07. The molecule has 1 amide bonds. The van der Waals surface area contributed by atoms with Gasteiger partial charge in [-0.1, -0.05) is 78.1 Å². The van der Waals surface area contributed by atoms with Crippen LogP contribution in [0.25, 0.3) is 0 Å². The first-order valence-corrected chi connectivity index (χ1v) is 14.0. The van der Waals surface area contributed by atoms with E-state index in [2.05, 4.69) is 10.3 Å². The summed E-state index contributed by atoms with van der Waals surface area (Å²) >= 11 is 18.2.